The molecule has 0 aliphatic heterocycles. The van der Waals surface area contributed by atoms with Crippen LogP contribution in [-0.4, -0.2) is 9.78 Å². The van der Waals surface area contributed by atoms with Crippen LogP contribution in [0.15, 0.2) is 35.1 Å². The molecule has 0 aliphatic carbocycles. The van der Waals surface area contributed by atoms with Crippen LogP contribution in [-0.2, 0) is 7.05 Å². The highest BCUT2D eigenvalue weighted by molar-refractivity contribution is 5.94. The Hall–Kier alpha value is -2.30. The van der Waals surface area contributed by atoms with E-state index < -0.39 is 0 Å². The highest BCUT2D eigenvalue weighted by Gasteiger charge is 2.14. The summed E-state index contributed by atoms with van der Waals surface area (Å²) in [5.74, 6) is 0.158. The number of hydrogen-bond donors (Lipinski definition) is 1. The van der Waals surface area contributed by atoms with Crippen molar-refractivity contribution in [2.24, 2.45) is 7.05 Å². The van der Waals surface area contributed by atoms with Crippen molar-refractivity contribution in [2.45, 2.75) is 0 Å². The molecule has 5 heteroatoms. The normalized spacial score (nSPS) is 11.2. The summed E-state index contributed by atoms with van der Waals surface area (Å²) < 4.78 is 20.4. The predicted molar refractivity (Wildman–Crippen MR) is 62.8 cm³/mol. The van der Waals surface area contributed by atoms with Crippen LogP contribution < -0.4 is 5.73 Å². The van der Waals surface area contributed by atoms with E-state index in [0.717, 1.165) is 0 Å². The molecule has 0 radical (unpaired) electrons. The number of nitrogen functional groups attached to an aromatic ring is 1. The van der Waals surface area contributed by atoms with Gasteiger partial charge in [0.15, 0.2) is 0 Å². The second kappa shape index (κ2) is 3.35. The molecule has 2 aromatic heterocycles. The van der Waals surface area contributed by atoms with E-state index in [2.05, 4.69) is 5.10 Å². The molecule has 17 heavy (non-hydrogen) atoms. The average molecular weight is 231 g/mol. The van der Waals surface area contributed by atoms with Gasteiger partial charge in [0, 0.05) is 23.6 Å². The number of rotatable bonds is 1. The fraction of sp³-hybridized carbons (Fsp3) is 0.0833. The fourth-order valence-electron chi connectivity index (χ4n) is 1.90. The van der Waals surface area contributed by atoms with E-state index in [1.807, 2.05) is 0 Å². The number of aryl methyl sites for hydroxylation is 1. The summed E-state index contributed by atoms with van der Waals surface area (Å²) in [6.45, 7) is 0. The topological polar surface area (TPSA) is 57.0 Å². The first-order valence-corrected chi connectivity index (χ1v) is 5.11. The summed E-state index contributed by atoms with van der Waals surface area (Å²) in [6, 6.07) is 4.54. The Balaban J connectivity index is 2.36. The molecule has 4 nitrogen and oxygen atoms in total. The Morgan fingerprint density at radius 2 is 2.18 bits per heavy atom. The van der Waals surface area contributed by atoms with Gasteiger partial charge in [0.25, 0.3) is 0 Å². The molecule has 2 heterocycles. The Kier molecular flexibility index (Phi) is 1.95. The quantitative estimate of drug-likeness (QED) is 0.700. The van der Waals surface area contributed by atoms with E-state index in [1.165, 1.54) is 23.1 Å². The van der Waals surface area contributed by atoms with Crippen molar-refractivity contribution >= 4 is 16.8 Å². The van der Waals surface area contributed by atoms with E-state index in [-0.39, 0.29) is 5.82 Å². The van der Waals surface area contributed by atoms with Gasteiger partial charge in [0.2, 0.25) is 0 Å². The molecule has 1 aromatic carbocycles. The van der Waals surface area contributed by atoms with Gasteiger partial charge >= 0.3 is 0 Å². The maximum absolute atomic E-state index is 13.5. The Labute approximate surface area is 96.4 Å². The zero-order valence-electron chi connectivity index (χ0n) is 9.14. The van der Waals surface area contributed by atoms with Crippen molar-refractivity contribution in [1.82, 2.24) is 9.78 Å². The van der Waals surface area contributed by atoms with E-state index in [4.69, 9.17) is 10.2 Å². The molecule has 0 atom stereocenters. The first kappa shape index (κ1) is 9.89. The van der Waals surface area contributed by atoms with Crippen LogP contribution in [0.1, 0.15) is 0 Å². The number of nitrogens with zero attached hydrogens (tertiary/aromatic N) is 2. The molecular formula is C12H10FN3O. The van der Waals surface area contributed by atoms with Crippen LogP contribution in [0, 0.1) is 5.82 Å². The van der Waals surface area contributed by atoms with Crippen LogP contribution in [0.3, 0.4) is 0 Å². The van der Waals surface area contributed by atoms with Crippen LogP contribution >= 0.6 is 0 Å². The minimum atomic E-state index is -0.322. The Bertz CT molecular complexity index is 699. The maximum atomic E-state index is 13.5. The summed E-state index contributed by atoms with van der Waals surface area (Å²) >= 11 is 0. The largest absolute Gasteiger partial charge is 0.464 e. The van der Waals surface area contributed by atoms with Gasteiger partial charge in [-0.2, -0.15) is 5.10 Å². The minimum absolute atomic E-state index is 0.322. The number of anilines is 1. The first-order valence-electron chi connectivity index (χ1n) is 5.11. The molecule has 0 unspecified atom stereocenters. The number of benzene rings is 1. The van der Waals surface area contributed by atoms with Gasteiger partial charge in [-0.05, 0) is 18.2 Å². The number of halogens is 1. The SMILES string of the molecule is Cn1ncc(-c2cc(F)cc3ccoc23)c1N. The van der Waals surface area contributed by atoms with Gasteiger partial charge in [-0.25, -0.2) is 4.39 Å². The highest BCUT2D eigenvalue weighted by Crippen LogP contribution is 2.33. The maximum Gasteiger partial charge on any atom is 0.142 e. The van der Waals surface area contributed by atoms with Gasteiger partial charge in [0.05, 0.1) is 12.5 Å². The lowest BCUT2D eigenvalue weighted by Crippen LogP contribution is -1.98. The van der Waals surface area contributed by atoms with Gasteiger partial charge in [0.1, 0.15) is 17.2 Å². The summed E-state index contributed by atoms with van der Waals surface area (Å²) in [4.78, 5) is 0. The summed E-state index contributed by atoms with van der Waals surface area (Å²) in [7, 11) is 1.73. The average Bonchev–Trinajstić information content (AvgIpc) is 2.87. The predicted octanol–water partition coefficient (Wildman–Crippen LogP) is 2.55. The molecule has 0 amide bonds. The number of furan rings is 1. The third kappa shape index (κ3) is 1.39. The molecule has 0 spiro atoms. The molecular weight excluding hydrogens is 221 g/mol. The smallest absolute Gasteiger partial charge is 0.142 e. The summed E-state index contributed by atoms with van der Waals surface area (Å²) in [5.41, 5.74) is 7.79. The highest BCUT2D eigenvalue weighted by atomic mass is 19.1. The lowest BCUT2D eigenvalue weighted by Gasteiger charge is -2.02. The van der Waals surface area contributed by atoms with Crippen molar-refractivity contribution in [3.63, 3.8) is 0 Å². The van der Waals surface area contributed by atoms with Crippen LogP contribution in [0.5, 0.6) is 0 Å². The molecule has 0 bridgehead atoms. The lowest BCUT2D eigenvalue weighted by molar-refractivity contribution is 0.611. The van der Waals surface area contributed by atoms with Gasteiger partial charge in [-0.3, -0.25) is 4.68 Å². The Morgan fingerprint density at radius 3 is 2.88 bits per heavy atom. The third-order valence-electron chi connectivity index (χ3n) is 2.79. The van der Waals surface area contributed by atoms with Gasteiger partial charge in [-0.1, -0.05) is 0 Å². The monoisotopic (exact) mass is 231 g/mol. The Morgan fingerprint density at radius 1 is 1.35 bits per heavy atom. The summed E-state index contributed by atoms with van der Waals surface area (Å²) in [6.07, 6.45) is 3.13. The van der Waals surface area contributed by atoms with E-state index in [1.54, 1.807) is 19.3 Å². The minimum Gasteiger partial charge on any atom is -0.464 e. The van der Waals surface area contributed by atoms with Crippen molar-refractivity contribution in [3.05, 3.63) is 36.5 Å². The zero-order chi connectivity index (χ0) is 12.0. The van der Waals surface area contributed by atoms with Gasteiger partial charge < -0.3 is 10.2 Å². The number of nitrogens with two attached hydrogens (primary N) is 1. The van der Waals surface area contributed by atoms with Crippen LogP contribution in [0.4, 0.5) is 10.2 Å². The number of fused-ring (bicyclic) bond motifs is 1. The molecule has 2 N–H and O–H groups in total. The zero-order valence-corrected chi connectivity index (χ0v) is 9.14. The van der Waals surface area contributed by atoms with Crippen LogP contribution in [0.25, 0.3) is 22.1 Å². The van der Waals surface area contributed by atoms with Crippen molar-refractivity contribution in [2.75, 3.05) is 5.73 Å². The van der Waals surface area contributed by atoms with E-state index in [0.29, 0.717) is 27.9 Å². The first-order chi connectivity index (χ1) is 8.16. The third-order valence-corrected chi connectivity index (χ3v) is 2.79. The lowest BCUT2D eigenvalue weighted by atomic mass is 10.1. The molecule has 0 fully saturated rings. The van der Waals surface area contributed by atoms with Gasteiger partial charge in [-0.15, -0.1) is 0 Å². The summed E-state index contributed by atoms with van der Waals surface area (Å²) in [5, 5.41) is 4.75. The standard InChI is InChI=1S/C12H10FN3O/c1-16-12(14)10(6-15-16)9-5-8(13)4-7-2-3-17-11(7)9/h2-6H,14H2,1H3. The molecule has 3 rings (SSSR count). The van der Waals surface area contributed by atoms with E-state index >= 15 is 0 Å². The van der Waals surface area contributed by atoms with Crippen molar-refractivity contribution in [3.8, 4) is 11.1 Å². The second-order valence-electron chi connectivity index (χ2n) is 3.86. The van der Waals surface area contributed by atoms with Crippen molar-refractivity contribution in [1.29, 1.82) is 0 Å². The molecule has 3 aromatic rings. The second-order valence-corrected chi connectivity index (χ2v) is 3.86. The van der Waals surface area contributed by atoms with Crippen LogP contribution in [0.2, 0.25) is 0 Å². The fourth-order valence-corrected chi connectivity index (χ4v) is 1.90. The van der Waals surface area contributed by atoms with Crippen molar-refractivity contribution < 1.29 is 8.81 Å². The molecule has 86 valence electrons. The number of aromatic nitrogens is 2. The molecule has 0 saturated heterocycles. The molecule has 0 aliphatic rings. The van der Waals surface area contributed by atoms with E-state index in [9.17, 15) is 4.39 Å². The molecule has 0 saturated carbocycles. The number of hydrogen-bond acceptors (Lipinski definition) is 3.